The lowest BCUT2D eigenvalue weighted by Gasteiger charge is -2.09. The molecule has 2 aromatic rings. The van der Waals surface area contributed by atoms with Gasteiger partial charge in [0.05, 0.1) is 13.2 Å². The molecular weight excluding hydrogens is 247 g/mol. The molecule has 0 atom stereocenters. The van der Waals surface area contributed by atoms with Crippen molar-refractivity contribution < 1.29 is 9.47 Å². The van der Waals surface area contributed by atoms with Crippen LogP contribution in [0, 0.1) is 0 Å². The van der Waals surface area contributed by atoms with Crippen LogP contribution in [0.2, 0.25) is 13.6 Å². The van der Waals surface area contributed by atoms with Gasteiger partial charge in [-0.2, -0.15) is 0 Å². The summed E-state index contributed by atoms with van der Waals surface area (Å²) in [4.78, 5) is 0. The molecule has 0 aromatic heterocycles. The molecule has 0 aliphatic carbocycles. The Balaban J connectivity index is 1.66. The average Bonchev–Trinajstić information content (AvgIpc) is 2.48. The molecule has 2 aromatic carbocycles. The third-order valence-electron chi connectivity index (χ3n) is 3.12. The molecule has 2 rings (SSSR count). The van der Waals surface area contributed by atoms with Gasteiger partial charge in [0.1, 0.15) is 11.5 Å². The predicted molar refractivity (Wildman–Crippen MR) is 85.6 cm³/mol. The normalized spacial score (nSPS) is 10.1. The molecule has 0 aliphatic heterocycles. The van der Waals surface area contributed by atoms with Gasteiger partial charge in [-0.1, -0.05) is 49.4 Å². The van der Waals surface area contributed by atoms with Crippen LogP contribution in [0.4, 0.5) is 0 Å². The molecule has 0 N–H and O–H groups in total. The number of ether oxygens (including phenoxy) is 2. The van der Waals surface area contributed by atoms with Gasteiger partial charge in [-0.3, -0.25) is 0 Å². The Bertz CT molecular complexity index is 494. The Labute approximate surface area is 121 Å². The molecule has 0 bridgehead atoms. The van der Waals surface area contributed by atoms with Gasteiger partial charge in [-0.25, -0.2) is 0 Å². The van der Waals surface area contributed by atoms with Crippen LogP contribution < -0.4 is 14.9 Å². The summed E-state index contributed by atoms with van der Waals surface area (Å²) in [5.74, 6) is 1.84. The SMILES string of the molecule is CB(C)c1ccc(OCCCOc2ccccc2)cc1. The zero-order valence-corrected chi connectivity index (χ0v) is 12.2. The second kappa shape index (κ2) is 7.64. The maximum absolute atomic E-state index is 5.70. The highest BCUT2D eigenvalue weighted by Gasteiger charge is 2.02. The Morgan fingerprint density at radius 3 is 1.85 bits per heavy atom. The van der Waals surface area contributed by atoms with Gasteiger partial charge in [0.2, 0.25) is 0 Å². The summed E-state index contributed by atoms with van der Waals surface area (Å²) in [6, 6.07) is 18.2. The van der Waals surface area contributed by atoms with Gasteiger partial charge in [-0.05, 0) is 24.3 Å². The highest BCUT2D eigenvalue weighted by atomic mass is 16.5. The monoisotopic (exact) mass is 268 g/mol. The van der Waals surface area contributed by atoms with Crippen molar-refractivity contribution >= 4 is 12.2 Å². The smallest absolute Gasteiger partial charge is 0.169 e. The Kier molecular flexibility index (Phi) is 5.54. The van der Waals surface area contributed by atoms with Gasteiger partial charge >= 0.3 is 0 Å². The molecule has 2 nitrogen and oxygen atoms in total. The van der Waals surface area contributed by atoms with Crippen molar-refractivity contribution in [1.82, 2.24) is 0 Å². The number of benzene rings is 2. The van der Waals surface area contributed by atoms with Crippen LogP contribution in [0.25, 0.3) is 0 Å². The number of para-hydroxylation sites is 1. The van der Waals surface area contributed by atoms with Crippen LogP contribution in [-0.2, 0) is 0 Å². The van der Waals surface area contributed by atoms with E-state index in [-0.39, 0.29) is 0 Å². The molecule has 0 radical (unpaired) electrons. The molecule has 0 unspecified atom stereocenters. The molecule has 0 heterocycles. The fourth-order valence-electron chi connectivity index (χ4n) is 1.90. The minimum Gasteiger partial charge on any atom is -0.493 e. The molecule has 20 heavy (non-hydrogen) atoms. The second-order valence-corrected chi connectivity index (χ2v) is 5.09. The first-order valence-corrected chi connectivity index (χ1v) is 7.16. The Morgan fingerprint density at radius 2 is 1.30 bits per heavy atom. The largest absolute Gasteiger partial charge is 0.493 e. The summed E-state index contributed by atoms with van der Waals surface area (Å²) in [6.07, 6.45) is 0.876. The first-order chi connectivity index (χ1) is 9.75. The number of hydrogen-bond donors (Lipinski definition) is 0. The van der Waals surface area contributed by atoms with Gasteiger partial charge in [-0.15, -0.1) is 0 Å². The van der Waals surface area contributed by atoms with Crippen molar-refractivity contribution in [2.75, 3.05) is 13.2 Å². The predicted octanol–water partition coefficient (Wildman–Crippen LogP) is 3.50. The minimum absolute atomic E-state index is 0.559. The zero-order chi connectivity index (χ0) is 14.2. The maximum Gasteiger partial charge on any atom is 0.169 e. The lowest BCUT2D eigenvalue weighted by molar-refractivity contribution is 0.247. The van der Waals surface area contributed by atoms with E-state index < -0.39 is 0 Å². The first kappa shape index (κ1) is 14.5. The van der Waals surface area contributed by atoms with E-state index in [9.17, 15) is 0 Å². The number of rotatable bonds is 7. The average molecular weight is 268 g/mol. The van der Waals surface area contributed by atoms with Crippen LogP contribution in [0.5, 0.6) is 11.5 Å². The van der Waals surface area contributed by atoms with Crippen molar-refractivity contribution in [3.8, 4) is 11.5 Å². The highest BCUT2D eigenvalue weighted by molar-refractivity contribution is 6.70. The van der Waals surface area contributed by atoms with Gasteiger partial charge in [0.15, 0.2) is 6.71 Å². The number of hydrogen-bond acceptors (Lipinski definition) is 2. The van der Waals surface area contributed by atoms with Crippen molar-refractivity contribution in [2.24, 2.45) is 0 Å². The van der Waals surface area contributed by atoms with Gasteiger partial charge in [0, 0.05) is 6.42 Å². The molecular formula is C17H21BO2. The summed E-state index contributed by atoms with van der Waals surface area (Å²) in [5.41, 5.74) is 1.34. The lowest BCUT2D eigenvalue weighted by Crippen LogP contribution is -2.21. The summed E-state index contributed by atoms with van der Waals surface area (Å²) in [5, 5.41) is 0. The van der Waals surface area contributed by atoms with E-state index in [2.05, 4.69) is 25.8 Å². The minimum atomic E-state index is 0.559. The van der Waals surface area contributed by atoms with Crippen LogP contribution in [0.15, 0.2) is 54.6 Å². The van der Waals surface area contributed by atoms with E-state index in [1.54, 1.807) is 0 Å². The quantitative estimate of drug-likeness (QED) is 0.565. The fourth-order valence-corrected chi connectivity index (χ4v) is 1.90. The summed E-state index contributed by atoms with van der Waals surface area (Å²) < 4.78 is 11.3. The third-order valence-corrected chi connectivity index (χ3v) is 3.12. The summed E-state index contributed by atoms with van der Waals surface area (Å²) in [7, 11) is 0. The molecule has 0 saturated carbocycles. The van der Waals surface area contributed by atoms with Crippen LogP contribution in [-0.4, -0.2) is 19.9 Å². The van der Waals surface area contributed by atoms with Crippen LogP contribution >= 0.6 is 0 Å². The summed E-state index contributed by atoms with van der Waals surface area (Å²) >= 11 is 0. The molecule has 0 saturated heterocycles. The standard InChI is InChI=1S/C17H21BO2/c1-18(2)15-9-11-17(12-10-15)20-14-6-13-19-16-7-4-3-5-8-16/h3-5,7-12H,6,13-14H2,1-2H3. The Morgan fingerprint density at radius 1 is 0.750 bits per heavy atom. The van der Waals surface area contributed by atoms with E-state index >= 15 is 0 Å². The third kappa shape index (κ3) is 4.65. The molecule has 0 aliphatic rings. The first-order valence-electron chi connectivity index (χ1n) is 7.16. The van der Waals surface area contributed by atoms with E-state index in [1.807, 2.05) is 42.5 Å². The Hall–Kier alpha value is -1.90. The van der Waals surface area contributed by atoms with E-state index in [1.165, 1.54) is 5.46 Å². The van der Waals surface area contributed by atoms with E-state index in [0.29, 0.717) is 19.9 Å². The fraction of sp³-hybridized carbons (Fsp3) is 0.294. The highest BCUT2D eigenvalue weighted by Crippen LogP contribution is 2.10. The topological polar surface area (TPSA) is 18.5 Å². The molecule has 3 heteroatoms. The van der Waals surface area contributed by atoms with Crippen LogP contribution in [0.3, 0.4) is 0 Å². The van der Waals surface area contributed by atoms with Crippen molar-refractivity contribution in [3.05, 3.63) is 54.6 Å². The zero-order valence-electron chi connectivity index (χ0n) is 12.2. The van der Waals surface area contributed by atoms with E-state index in [0.717, 1.165) is 17.9 Å². The maximum atomic E-state index is 5.70. The van der Waals surface area contributed by atoms with Crippen molar-refractivity contribution in [2.45, 2.75) is 20.1 Å². The summed E-state index contributed by atoms with van der Waals surface area (Å²) in [6.45, 7) is 6.29. The van der Waals surface area contributed by atoms with Crippen molar-refractivity contribution in [1.29, 1.82) is 0 Å². The van der Waals surface area contributed by atoms with Gasteiger partial charge in [0.25, 0.3) is 0 Å². The molecule has 0 fully saturated rings. The molecule has 0 amide bonds. The molecule has 104 valence electrons. The van der Waals surface area contributed by atoms with Crippen molar-refractivity contribution in [3.63, 3.8) is 0 Å². The van der Waals surface area contributed by atoms with Gasteiger partial charge < -0.3 is 9.47 Å². The van der Waals surface area contributed by atoms with Crippen LogP contribution in [0.1, 0.15) is 6.42 Å². The van der Waals surface area contributed by atoms with E-state index in [4.69, 9.17) is 9.47 Å². The molecule has 0 spiro atoms. The lowest BCUT2D eigenvalue weighted by atomic mass is 9.49. The second-order valence-electron chi connectivity index (χ2n) is 5.09.